The van der Waals surface area contributed by atoms with Gasteiger partial charge >= 0.3 is 0 Å². The minimum Gasteiger partial charge on any atom is -0.699 e. The molecule has 0 aliphatic carbocycles. The van der Waals surface area contributed by atoms with E-state index in [9.17, 15) is 0 Å². The van der Waals surface area contributed by atoms with Gasteiger partial charge in [-0.1, -0.05) is 38.3 Å². The molecule has 0 atom stereocenters. The zero-order valence-electron chi connectivity index (χ0n) is 8.75. The van der Waals surface area contributed by atoms with E-state index in [1.165, 1.54) is 19.3 Å². The lowest BCUT2D eigenvalue weighted by molar-refractivity contribution is 0.305. The lowest BCUT2D eigenvalue weighted by Gasteiger charge is -2.07. The molecule has 2 heteroatoms. The van der Waals surface area contributed by atoms with Gasteiger partial charge in [0.1, 0.15) is 5.75 Å². The average Bonchev–Trinajstić information content (AvgIpc) is 2.21. The van der Waals surface area contributed by atoms with Crippen LogP contribution in [0.15, 0.2) is 24.3 Å². The van der Waals surface area contributed by atoms with E-state index in [0.717, 1.165) is 18.8 Å². The SMILES string of the molecule is CCCCCCOc1ccc([NH-])cc1. The maximum absolute atomic E-state index is 7.30. The van der Waals surface area contributed by atoms with Crippen LogP contribution in [0, 0.1) is 0 Å². The summed E-state index contributed by atoms with van der Waals surface area (Å²) >= 11 is 0. The molecule has 1 N–H and O–H groups in total. The van der Waals surface area contributed by atoms with Crippen LogP contribution in [-0.4, -0.2) is 6.61 Å². The number of benzene rings is 1. The number of unbranched alkanes of at least 4 members (excludes halogenated alkanes) is 3. The van der Waals surface area contributed by atoms with Crippen molar-refractivity contribution in [3.8, 4) is 5.75 Å². The quantitative estimate of drug-likeness (QED) is 0.617. The summed E-state index contributed by atoms with van der Waals surface area (Å²) in [5.41, 5.74) is 7.83. The Morgan fingerprint density at radius 2 is 1.79 bits per heavy atom. The van der Waals surface area contributed by atoms with Crippen molar-refractivity contribution < 1.29 is 4.74 Å². The fraction of sp³-hybridized carbons (Fsp3) is 0.500. The molecule has 0 saturated carbocycles. The van der Waals surface area contributed by atoms with Crippen molar-refractivity contribution in [3.63, 3.8) is 0 Å². The third-order valence-corrected chi connectivity index (χ3v) is 2.12. The van der Waals surface area contributed by atoms with Crippen molar-refractivity contribution in [1.29, 1.82) is 0 Å². The second-order valence-corrected chi connectivity index (χ2v) is 3.43. The Morgan fingerprint density at radius 1 is 1.07 bits per heavy atom. The summed E-state index contributed by atoms with van der Waals surface area (Å²) in [5.74, 6) is 0.873. The van der Waals surface area contributed by atoms with Crippen molar-refractivity contribution in [1.82, 2.24) is 0 Å². The molecule has 1 rings (SSSR count). The molecule has 0 aromatic heterocycles. The number of rotatable bonds is 6. The summed E-state index contributed by atoms with van der Waals surface area (Å²) in [6.07, 6.45) is 4.91. The number of hydrogen-bond acceptors (Lipinski definition) is 1. The van der Waals surface area contributed by atoms with E-state index in [-0.39, 0.29) is 0 Å². The van der Waals surface area contributed by atoms with E-state index in [1.807, 2.05) is 12.1 Å². The lowest BCUT2D eigenvalue weighted by Crippen LogP contribution is -1.96. The Hall–Kier alpha value is -1.18. The van der Waals surface area contributed by atoms with Gasteiger partial charge in [0.2, 0.25) is 0 Å². The van der Waals surface area contributed by atoms with E-state index in [0.29, 0.717) is 5.69 Å². The van der Waals surface area contributed by atoms with E-state index in [1.54, 1.807) is 12.1 Å². The maximum Gasteiger partial charge on any atom is 0.119 e. The van der Waals surface area contributed by atoms with Crippen molar-refractivity contribution in [2.45, 2.75) is 32.6 Å². The van der Waals surface area contributed by atoms with Crippen LogP contribution >= 0.6 is 0 Å². The number of nitrogens with one attached hydrogen (secondary N) is 1. The third kappa shape index (κ3) is 4.17. The Balaban J connectivity index is 2.15. The van der Waals surface area contributed by atoms with Gasteiger partial charge < -0.3 is 10.5 Å². The summed E-state index contributed by atoms with van der Waals surface area (Å²) in [4.78, 5) is 0. The molecule has 0 heterocycles. The molecule has 0 fully saturated rings. The molecule has 0 spiro atoms. The number of ether oxygens (including phenoxy) is 1. The highest BCUT2D eigenvalue weighted by Gasteiger charge is 1.91. The first-order chi connectivity index (χ1) is 6.83. The second kappa shape index (κ2) is 6.30. The van der Waals surface area contributed by atoms with Gasteiger partial charge in [0.25, 0.3) is 0 Å². The zero-order valence-corrected chi connectivity index (χ0v) is 8.75. The zero-order chi connectivity index (χ0) is 10.2. The van der Waals surface area contributed by atoms with Crippen LogP contribution < -0.4 is 4.74 Å². The molecule has 1 aromatic rings. The fourth-order valence-electron chi connectivity index (χ4n) is 1.27. The van der Waals surface area contributed by atoms with Crippen molar-refractivity contribution in [3.05, 3.63) is 30.0 Å². The van der Waals surface area contributed by atoms with E-state index >= 15 is 0 Å². The van der Waals surface area contributed by atoms with Crippen molar-refractivity contribution >= 4 is 5.69 Å². The van der Waals surface area contributed by atoms with Crippen LogP contribution in [0.3, 0.4) is 0 Å². The van der Waals surface area contributed by atoms with Crippen LogP contribution in [0.25, 0.3) is 5.73 Å². The molecular formula is C12H18NO-. The molecule has 14 heavy (non-hydrogen) atoms. The average molecular weight is 192 g/mol. The summed E-state index contributed by atoms with van der Waals surface area (Å²) < 4.78 is 5.52. The summed E-state index contributed by atoms with van der Waals surface area (Å²) in [7, 11) is 0. The first-order valence-electron chi connectivity index (χ1n) is 5.27. The summed E-state index contributed by atoms with van der Waals surface area (Å²) in [6.45, 7) is 2.99. The van der Waals surface area contributed by atoms with Gasteiger partial charge in [-0.15, -0.1) is 5.69 Å². The molecule has 0 saturated heterocycles. The van der Waals surface area contributed by atoms with Crippen molar-refractivity contribution in [2.75, 3.05) is 6.61 Å². The van der Waals surface area contributed by atoms with E-state index < -0.39 is 0 Å². The number of hydrogen-bond donors (Lipinski definition) is 0. The highest BCUT2D eigenvalue weighted by Crippen LogP contribution is 2.17. The maximum atomic E-state index is 7.30. The van der Waals surface area contributed by atoms with Gasteiger partial charge in [0, 0.05) is 0 Å². The molecular weight excluding hydrogens is 174 g/mol. The second-order valence-electron chi connectivity index (χ2n) is 3.43. The van der Waals surface area contributed by atoms with Gasteiger partial charge in [-0.3, -0.25) is 0 Å². The minimum absolute atomic E-state index is 0.531. The van der Waals surface area contributed by atoms with Gasteiger partial charge in [0.05, 0.1) is 6.61 Å². The van der Waals surface area contributed by atoms with Gasteiger partial charge in [-0.25, -0.2) is 0 Å². The van der Waals surface area contributed by atoms with Gasteiger partial charge in [-0.2, -0.15) is 0 Å². The Labute approximate surface area is 86.1 Å². The normalized spacial score (nSPS) is 10.1. The van der Waals surface area contributed by atoms with Crippen molar-refractivity contribution in [2.24, 2.45) is 0 Å². The largest absolute Gasteiger partial charge is 0.699 e. The molecule has 0 aliphatic rings. The first-order valence-corrected chi connectivity index (χ1v) is 5.27. The molecule has 0 bridgehead atoms. The molecule has 78 valence electrons. The third-order valence-electron chi connectivity index (χ3n) is 2.12. The Morgan fingerprint density at radius 3 is 2.43 bits per heavy atom. The van der Waals surface area contributed by atoms with E-state index in [2.05, 4.69) is 6.92 Å². The topological polar surface area (TPSA) is 33.0 Å². The molecule has 0 radical (unpaired) electrons. The molecule has 0 unspecified atom stereocenters. The van der Waals surface area contributed by atoms with Crippen LogP contribution in [0.1, 0.15) is 32.6 Å². The van der Waals surface area contributed by atoms with Crippen LogP contribution in [-0.2, 0) is 0 Å². The van der Waals surface area contributed by atoms with E-state index in [4.69, 9.17) is 10.5 Å². The predicted molar refractivity (Wildman–Crippen MR) is 60.1 cm³/mol. The van der Waals surface area contributed by atoms with Crippen LogP contribution in [0.2, 0.25) is 0 Å². The fourth-order valence-corrected chi connectivity index (χ4v) is 1.27. The minimum atomic E-state index is 0.531. The van der Waals surface area contributed by atoms with Gasteiger partial charge in [0.15, 0.2) is 0 Å². The molecule has 0 aliphatic heterocycles. The summed E-state index contributed by atoms with van der Waals surface area (Å²) in [5, 5.41) is 0. The smallest absolute Gasteiger partial charge is 0.119 e. The monoisotopic (exact) mass is 192 g/mol. The van der Waals surface area contributed by atoms with Crippen LogP contribution in [0.4, 0.5) is 5.69 Å². The standard InChI is InChI=1S/C12H18NO/c1-2-3-4-5-10-14-12-8-6-11(13)7-9-12/h6-9,13H,2-5,10H2,1H3/q-1. The molecule has 2 nitrogen and oxygen atoms in total. The van der Waals surface area contributed by atoms with Gasteiger partial charge in [-0.05, 0) is 18.6 Å². The molecule has 0 amide bonds. The Kier molecular flexibility index (Phi) is 4.90. The Bertz CT molecular complexity index is 243. The van der Waals surface area contributed by atoms with Crippen LogP contribution in [0.5, 0.6) is 5.75 Å². The highest BCUT2D eigenvalue weighted by atomic mass is 16.5. The first kappa shape index (κ1) is 10.9. The highest BCUT2D eigenvalue weighted by molar-refractivity contribution is 5.45. The summed E-state index contributed by atoms with van der Waals surface area (Å²) in [6, 6.07) is 7.20. The molecule has 1 aromatic carbocycles. The predicted octanol–water partition coefficient (Wildman–Crippen LogP) is 4.33. The lowest BCUT2D eigenvalue weighted by atomic mass is 10.2.